The van der Waals surface area contributed by atoms with Gasteiger partial charge >= 0.3 is 0 Å². The first kappa shape index (κ1) is 27.8. The van der Waals surface area contributed by atoms with Gasteiger partial charge in [-0.05, 0) is 81.2 Å². The average molecular weight is 468 g/mol. The van der Waals surface area contributed by atoms with E-state index in [1.807, 2.05) is 0 Å². The van der Waals surface area contributed by atoms with Crippen molar-refractivity contribution in [1.29, 1.82) is 0 Å². The summed E-state index contributed by atoms with van der Waals surface area (Å²) in [5.74, 6) is 1.43. The molecule has 0 amide bonds. The standard InChI is InChI=1S/C26H38N2O.2ClH/c1-26(2)19-24(15-17-29-26)23(18-21-8-6-5-7-9-21)14-16-27-20-22-10-12-25(13-11-22)28(3)4;;/h5-13,23-24,27H,14-20H2,1-4H3;2*1H. The smallest absolute Gasteiger partial charge is 0.0629 e. The summed E-state index contributed by atoms with van der Waals surface area (Å²) >= 11 is 0. The van der Waals surface area contributed by atoms with Gasteiger partial charge in [0.1, 0.15) is 0 Å². The lowest BCUT2D eigenvalue weighted by atomic mass is 9.75. The SMILES string of the molecule is CN(C)c1ccc(CNCCC(Cc2ccccc2)C2CCOC(C)(C)C2)cc1.Cl.Cl. The molecule has 1 saturated heterocycles. The first-order valence-corrected chi connectivity index (χ1v) is 11.1. The highest BCUT2D eigenvalue weighted by molar-refractivity contribution is 5.85. The third-order valence-electron chi connectivity index (χ3n) is 6.22. The average Bonchev–Trinajstić information content (AvgIpc) is 2.70. The van der Waals surface area contributed by atoms with Gasteiger partial charge in [0.25, 0.3) is 0 Å². The lowest BCUT2D eigenvalue weighted by Crippen LogP contribution is -2.38. The molecule has 1 aliphatic heterocycles. The summed E-state index contributed by atoms with van der Waals surface area (Å²) in [6.07, 6.45) is 4.73. The van der Waals surface area contributed by atoms with E-state index in [0.717, 1.165) is 32.0 Å². The van der Waals surface area contributed by atoms with Crippen molar-refractivity contribution in [3.05, 3.63) is 65.7 Å². The Morgan fingerprint density at radius 2 is 1.68 bits per heavy atom. The fraction of sp³-hybridized carbons (Fsp3) is 0.538. The van der Waals surface area contributed by atoms with Crippen LogP contribution in [0.25, 0.3) is 0 Å². The second kappa shape index (κ2) is 13.3. The van der Waals surface area contributed by atoms with Crippen molar-refractivity contribution < 1.29 is 4.74 Å². The van der Waals surface area contributed by atoms with Crippen molar-refractivity contribution in [2.75, 3.05) is 32.1 Å². The minimum atomic E-state index is 0. The molecule has 2 unspecified atom stereocenters. The second-order valence-electron chi connectivity index (χ2n) is 9.34. The number of hydrogen-bond donors (Lipinski definition) is 1. The number of anilines is 1. The van der Waals surface area contributed by atoms with Gasteiger partial charge in [-0.1, -0.05) is 42.5 Å². The van der Waals surface area contributed by atoms with Gasteiger partial charge in [-0.3, -0.25) is 0 Å². The molecule has 1 N–H and O–H groups in total. The van der Waals surface area contributed by atoms with Gasteiger partial charge in [-0.15, -0.1) is 24.8 Å². The number of benzene rings is 2. The Bertz CT molecular complexity index is 735. The zero-order valence-electron chi connectivity index (χ0n) is 19.5. The Hall–Kier alpha value is -1.26. The molecule has 0 bridgehead atoms. The molecular weight excluding hydrogens is 427 g/mol. The van der Waals surface area contributed by atoms with Crippen molar-refractivity contribution in [3.63, 3.8) is 0 Å². The van der Waals surface area contributed by atoms with E-state index in [1.165, 1.54) is 36.1 Å². The van der Waals surface area contributed by atoms with Crippen molar-refractivity contribution in [3.8, 4) is 0 Å². The highest BCUT2D eigenvalue weighted by Crippen LogP contribution is 2.36. The normalized spacial score (nSPS) is 18.4. The summed E-state index contributed by atoms with van der Waals surface area (Å²) in [5, 5.41) is 3.68. The Labute approximate surface area is 201 Å². The van der Waals surface area contributed by atoms with Crippen molar-refractivity contribution in [2.45, 2.75) is 51.7 Å². The van der Waals surface area contributed by atoms with Crippen molar-refractivity contribution in [2.24, 2.45) is 11.8 Å². The zero-order valence-corrected chi connectivity index (χ0v) is 21.1. The summed E-state index contributed by atoms with van der Waals surface area (Å²) in [7, 11) is 4.16. The summed E-state index contributed by atoms with van der Waals surface area (Å²) in [5.41, 5.74) is 4.07. The molecular formula is C26H40Cl2N2O. The van der Waals surface area contributed by atoms with Crippen LogP contribution < -0.4 is 10.2 Å². The van der Waals surface area contributed by atoms with E-state index in [-0.39, 0.29) is 30.4 Å². The predicted octanol–water partition coefficient (Wildman–Crippen LogP) is 6.14. The maximum absolute atomic E-state index is 5.99. The van der Waals surface area contributed by atoms with Gasteiger partial charge in [-0.25, -0.2) is 0 Å². The molecule has 0 aromatic heterocycles. The Morgan fingerprint density at radius 1 is 1.00 bits per heavy atom. The van der Waals surface area contributed by atoms with E-state index >= 15 is 0 Å². The van der Waals surface area contributed by atoms with Crippen LogP contribution in [-0.4, -0.2) is 32.8 Å². The summed E-state index contributed by atoms with van der Waals surface area (Å²) in [6, 6.07) is 19.8. The van der Waals surface area contributed by atoms with Gasteiger partial charge in [0.05, 0.1) is 5.60 Å². The highest BCUT2D eigenvalue weighted by atomic mass is 35.5. The maximum Gasteiger partial charge on any atom is 0.0629 e. The first-order valence-electron chi connectivity index (χ1n) is 11.1. The molecule has 1 fully saturated rings. The molecule has 5 heteroatoms. The Morgan fingerprint density at radius 3 is 2.29 bits per heavy atom. The molecule has 31 heavy (non-hydrogen) atoms. The molecule has 174 valence electrons. The predicted molar refractivity (Wildman–Crippen MR) is 138 cm³/mol. The first-order chi connectivity index (χ1) is 13.9. The third kappa shape index (κ3) is 9.02. The van der Waals surface area contributed by atoms with Gasteiger partial charge in [-0.2, -0.15) is 0 Å². The number of halogens is 2. The monoisotopic (exact) mass is 466 g/mol. The number of nitrogens with one attached hydrogen (secondary N) is 1. The van der Waals surface area contributed by atoms with Crippen LogP contribution in [0.5, 0.6) is 0 Å². The number of nitrogens with zero attached hydrogens (tertiary/aromatic N) is 1. The Kier molecular flexibility index (Phi) is 11.9. The van der Waals surface area contributed by atoms with E-state index in [4.69, 9.17) is 4.74 Å². The van der Waals surface area contributed by atoms with Crippen LogP contribution in [0.1, 0.15) is 44.2 Å². The van der Waals surface area contributed by atoms with Crippen LogP contribution in [0.2, 0.25) is 0 Å². The molecule has 1 heterocycles. The second-order valence-corrected chi connectivity index (χ2v) is 9.34. The van der Waals surface area contributed by atoms with Crippen LogP contribution in [0.4, 0.5) is 5.69 Å². The summed E-state index contributed by atoms with van der Waals surface area (Å²) < 4.78 is 5.99. The fourth-order valence-corrected chi connectivity index (χ4v) is 4.53. The van der Waals surface area contributed by atoms with Crippen LogP contribution in [0.15, 0.2) is 54.6 Å². The zero-order chi connectivity index (χ0) is 20.7. The molecule has 1 aliphatic rings. The van der Waals surface area contributed by atoms with Gasteiger partial charge < -0.3 is 15.0 Å². The molecule has 3 rings (SSSR count). The van der Waals surface area contributed by atoms with Crippen LogP contribution in [-0.2, 0) is 17.7 Å². The molecule has 2 atom stereocenters. The van der Waals surface area contributed by atoms with E-state index < -0.39 is 0 Å². The molecule has 0 spiro atoms. The summed E-state index contributed by atoms with van der Waals surface area (Å²) in [4.78, 5) is 2.14. The third-order valence-corrected chi connectivity index (χ3v) is 6.22. The van der Waals surface area contributed by atoms with Crippen LogP contribution >= 0.6 is 24.8 Å². The molecule has 2 aromatic carbocycles. The number of hydrogen-bond acceptors (Lipinski definition) is 3. The van der Waals surface area contributed by atoms with E-state index in [0.29, 0.717) is 5.92 Å². The topological polar surface area (TPSA) is 24.5 Å². The van der Waals surface area contributed by atoms with Gasteiger partial charge in [0.15, 0.2) is 0 Å². The minimum absolute atomic E-state index is 0. The van der Waals surface area contributed by atoms with Gasteiger partial charge in [0.2, 0.25) is 0 Å². The molecule has 3 nitrogen and oxygen atoms in total. The van der Waals surface area contributed by atoms with Gasteiger partial charge in [0, 0.05) is 32.9 Å². The van der Waals surface area contributed by atoms with Crippen LogP contribution in [0.3, 0.4) is 0 Å². The summed E-state index contributed by atoms with van der Waals surface area (Å²) in [6.45, 7) is 7.38. The van der Waals surface area contributed by atoms with E-state index in [9.17, 15) is 0 Å². The molecule has 0 saturated carbocycles. The number of ether oxygens (including phenoxy) is 1. The lowest BCUT2D eigenvalue weighted by molar-refractivity contribution is -0.0830. The Balaban J connectivity index is 0.00000240. The lowest BCUT2D eigenvalue weighted by Gasteiger charge is -2.39. The van der Waals surface area contributed by atoms with Crippen molar-refractivity contribution in [1.82, 2.24) is 5.32 Å². The number of rotatable bonds is 9. The van der Waals surface area contributed by atoms with Crippen LogP contribution in [0, 0.1) is 11.8 Å². The molecule has 0 aliphatic carbocycles. The highest BCUT2D eigenvalue weighted by Gasteiger charge is 2.33. The fourth-order valence-electron chi connectivity index (χ4n) is 4.53. The quantitative estimate of drug-likeness (QED) is 0.449. The maximum atomic E-state index is 5.99. The molecule has 0 radical (unpaired) electrons. The van der Waals surface area contributed by atoms with E-state index in [1.54, 1.807) is 0 Å². The van der Waals surface area contributed by atoms with Crippen molar-refractivity contribution >= 4 is 30.5 Å². The van der Waals surface area contributed by atoms with E-state index in [2.05, 4.69) is 92.8 Å². The molecule has 2 aromatic rings. The minimum Gasteiger partial charge on any atom is -0.378 e. The largest absolute Gasteiger partial charge is 0.378 e.